The van der Waals surface area contributed by atoms with Gasteiger partial charge in [0.1, 0.15) is 11.4 Å². The van der Waals surface area contributed by atoms with E-state index >= 15 is 0 Å². The monoisotopic (exact) mass is 444 g/mol. The molecule has 1 aromatic heterocycles. The fourth-order valence-electron chi connectivity index (χ4n) is 5.14. The van der Waals surface area contributed by atoms with Crippen LogP contribution in [0.15, 0.2) is 60.7 Å². The van der Waals surface area contributed by atoms with Gasteiger partial charge in [-0.2, -0.15) is 0 Å². The van der Waals surface area contributed by atoms with Crippen LogP contribution in [-0.4, -0.2) is 46.2 Å². The lowest BCUT2D eigenvalue weighted by Crippen LogP contribution is -2.41. The maximum absolute atomic E-state index is 13.1. The number of benzene rings is 2. The fraction of sp³-hybridized carbons (Fsp3) is 0.407. The number of hydrogen-bond donors (Lipinski definition) is 2. The molecule has 3 heterocycles. The number of carbonyl (C=O) groups is 1. The summed E-state index contributed by atoms with van der Waals surface area (Å²) >= 11 is 0. The van der Waals surface area contributed by atoms with Crippen molar-refractivity contribution in [2.75, 3.05) is 19.6 Å². The van der Waals surface area contributed by atoms with Gasteiger partial charge in [-0.15, -0.1) is 0 Å². The Labute approximate surface area is 195 Å². The van der Waals surface area contributed by atoms with Crippen LogP contribution in [0.25, 0.3) is 11.3 Å². The summed E-state index contributed by atoms with van der Waals surface area (Å²) in [7, 11) is 0. The second-order valence-corrected chi connectivity index (χ2v) is 10.4. The van der Waals surface area contributed by atoms with Crippen molar-refractivity contribution in [1.29, 1.82) is 0 Å². The van der Waals surface area contributed by atoms with Crippen LogP contribution in [0.4, 0.5) is 4.79 Å². The van der Waals surface area contributed by atoms with Gasteiger partial charge in [-0.3, -0.25) is 4.90 Å². The Morgan fingerprint density at radius 2 is 1.79 bits per heavy atom. The summed E-state index contributed by atoms with van der Waals surface area (Å²) in [5.74, 6) is 0.812. The van der Waals surface area contributed by atoms with E-state index in [1.807, 2.05) is 29.2 Å². The molecule has 0 unspecified atom stereocenters. The van der Waals surface area contributed by atoms with Crippen molar-refractivity contribution < 1.29 is 9.53 Å². The van der Waals surface area contributed by atoms with Gasteiger partial charge < -0.3 is 15.0 Å². The lowest BCUT2D eigenvalue weighted by Gasteiger charge is -2.35. The van der Waals surface area contributed by atoms with E-state index in [-0.39, 0.29) is 17.6 Å². The highest BCUT2D eigenvalue weighted by molar-refractivity contribution is 5.72. The number of H-pyrrole nitrogens is 1. The summed E-state index contributed by atoms with van der Waals surface area (Å²) in [6, 6.07) is 20.4. The first-order valence-electron chi connectivity index (χ1n) is 11.7. The van der Waals surface area contributed by atoms with E-state index in [1.54, 1.807) is 0 Å². The van der Waals surface area contributed by atoms with Gasteiger partial charge in [0, 0.05) is 30.6 Å². The average molecular weight is 445 g/mol. The standard InChI is InChI=1S/C27H32N4O2/c1-26(2,3)23(31-18-27(33-25(31)32)14-15-28-17-27)24-29-21(16-19-10-6-4-7-11-19)22(30-24)20-12-8-5-9-13-20/h4-13,23,28H,14-18H2,1-3H3,(H,29,30)/t23-,27+/m0/s1. The summed E-state index contributed by atoms with van der Waals surface area (Å²) < 4.78 is 5.92. The molecule has 2 atom stereocenters. The number of ether oxygens (including phenoxy) is 1. The van der Waals surface area contributed by atoms with Gasteiger partial charge in [0.2, 0.25) is 0 Å². The lowest BCUT2D eigenvalue weighted by molar-refractivity contribution is 0.0715. The van der Waals surface area contributed by atoms with Crippen LogP contribution in [-0.2, 0) is 11.2 Å². The molecule has 0 aliphatic carbocycles. The number of rotatable bonds is 5. The molecule has 6 nitrogen and oxygen atoms in total. The number of nitrogens with one attached hydrogen (secondary N) is 2. The molecule has 2 N–H and O–H groups in total. The van der Waals surface area contributed by atoms with Gasteiger partial charge in [0.05, 0.1) is 18.3 Å². The van der Waals surface area contributed by atoms with E-state index in [0.29, 0.717) is 13.1 Å². The van der Waals surface area contributed by atoms with Gasteiger partial charge in [0.15, 0.2) is 0 Å². The molecule has 2 aliphatic rings. The normalized spacial score (nSPS) is 21.5. The smallest absolute Gasteiger partial charge is 0.411 e. The molecule has 172 valence electrons. The Balaban J connectivity index is 1.56. The Morgan fingerprint density at radius 1 is 1.09 bits per heavy atom. The number of imidazole rings is 1. The molecule has 2 saturated heterocycles. The minimum atomic E-state index is -0.428. The van der Waals surface area contributed by atoms with Crippen LogP contribution >= 0.6 is 0 Å². The molecule has 1 amide bonds. The molecule has 1 spiro atoms. The van der Waals surface area contributed by atoms with Crippen molar-refractivity contribution in [3.8, 4) is 11.3 Å². The molecule has 3 aromatic rings. The van der Waals surface area contributed by atoms with E-state index in [2.05, 4.69) is 67.5 Å². The van der Waals surface area contributed by atoms with E-state index in [4.69, 9.17) is 9.72 Å². The van der Waals surface area contributed by atoms with Crippen LogP contribution in [0.3, 0.4) is 0 Å². The quantitative estimate of drug-likeness (QED) is 0.585. The second-order valence-electron chi connectivity index (χ2n) is 10.4. The number of aromatic amines is 1. The van der Waals surface area contributed by atoms with Crippen LogP contribution in [0.5, 0.6) is 0 Å². The van der Waals surface area contributed by atoms with Gasteiger partial charge in [-0.25, -0.2) is 9.78 Å². The zero-order valence-electron chi connectivity index (χ0n) is 19.6. The van der Waals surface area contributed by atoms with Gasteiger partial charge in [-0.1, -0.05) is 81.4 Å². The maximum Gasteiger partial charge on any atom is 0.411 e. The van der Waals surface area contributed by atoms with Crippen molar-refractivity contribution in [2.24, 2.45) is 5.41 Å². The van der Waals surface area contributed by atoms with Crippen molar-refractivity contribution >= 4 is 6.09 Å². The minimum Gasteiger partial charge on any atom is -0.439 e. The summed E-state index contributed by atoms with van der Waals surface area (Å²) in [6.07, 6.45) is 1.34. The molecule has 0 saturated carbocycles. The molecule has 2 aliphatic heterocycles. The Hall–Kier alpha value is -3.12. The largest absolute Gasteiger partial charge is 0.439 e. The zero-order chi connectivity index (χ0) is 23.1. The number of amides is 1. The lowest BCUT2D eigenvalue weighted by atomic mass is 9.84. The van der Waals surface area contributed by atoms with E-state index in [9.17, 15) is 4.79 Å². The summed E-state index contributed by atoms with van der Waals surface area (Å²) in [5, 5.41) is 3.35. The third kappa shape index (κ3) is 4.27. The highest BCUT2D eigenvalue weighted by Gasteiger charge is 2.52. The molecule has 0 bridgehead atoms. The van der Waals surface area contributed by atoms with E-state index < -0.39 is 5.60 Å². The van der Waals surface area contributed by atoms with Crippen molar-refractivity contribution in [2.45, 2.75) is 45.3 Å². The van der Waals surface area contributed by atoms with Crippen LogP contribution in [0, 0.1) is 5.41 Å². The third-order valence-electron chi connectivity index (χ3n) is 6.66. The highest BCUT2D eigenvalue weighted by Crippen LogP contribution is 2.43. The predicted molar refractivity (Wildman–Crippen MR) is 129 cm³/mol. The van der Waals surface area contributed by atoms with E-state index in [1.165, 1.54) is 5.56 Å². The van der Waals surface area contributed by atoms with Gasteiger partial charge in [-0.05, 0) is 17.5 Å². The molecular formula is C27H32N4O2. The Kier molecular flexibility index (Phi) is 5.49. The topological polar surface area (TPSA) is 70.2 Å². The zero-order valence-corrected chi connectivity index (χ0v) is 19.6. The molecule has 0 radical (unpaired) electrons. The van der Waals surface area contributed by atoms with Crippen LogP contribution in [0.1, 0.15) is 50.3 Å². The van der Waals surface area contributed by atoms with Gasteiger partial charge in [0.25, 0.3) is 0 Å². The molecule has 6 heteroatoms. The highest BCUT2D eigenvalue weighted by atomic mass is 16.6. The molecule has 2 fully saturated rings. The molecular weight excluding hydrogens is 412 g/mol. The molecule has 33 heavy (non-hydrogen) atoms. The summed E-state index contributed by atoms with van der Waals surface area (Å²) in [5.41, 5.74) is 3.62. The second kappa shape index (κ2) is 8.34. The number of carbonyl (C=O) groups excluding carboxylic acids is 1. The third-order valence-corrected chi connectivity index (χ3v) is 6.66. The first kappa shape index (κ1) is 21.7. The minimum absolute atomic E-state index is 0.225. The van der Waals surface area contributed by atoms with Gasteiger partial charge >= 0.3 is 6.09 Å². The van der Waals surface area contributed by atoms with Crippen LogP contribution in [0.2, 0.25) is 0 Å². The summed E-state index contributed by atoms with van der Waals surface area (Å²) in [6.45, 7) is 8.63. The molecule has 5 rings (SSSR count). The van der Waals surface area contributed by atoms with Crippen LogP contribution < -0.4 is 5.32 Å². The van der Waals surface area contributed by atoms with Crippen molar-refractivity contribution in [3.63, 3.8) is 0 Å². The fourth-order valence-corrected chi connectivity index (χ4v) is 5.14. The number of hydrogen-bond acceptors (Lipinski definition) is 4. The number of aromatic nitrogens is 2. The maximum atomic E-state index is 13.1. The summed E-state index contributed by atoms with van der Waals surface area (Å²) in [4.78, 5) is 23.7. The van der Waals surface area contributed by atoms with E-state index in [0.717, 1.165) is 42.2 Å². The predicted octanol–water partition coefficient (Wildman–Crippen LogP) is 4.94. The molecule has 2 aromatic carbocycles. The average Bonchev–Trinajstić information content (AvgIpc) is 3.49. The Bertz CT molecular complexity index is 1110. The SMILES string of the molecule is CC(C)(C)[C@H](c1nc(-c2ccccc2)c(Cc2ccccc2)[nH]1)N1C[C@]2(CCNC2)OC1=O. The van der Waals surface area contributed by atoms with Crippen molar-refractivity contribution in [3.05, 3.63) is 77.7 Å². The first-order chi connectivity index (χ1) is 15.8. The number of nitrogens with zero attached hydrogens (tertiary/aromatic N) is 2. The first-order valence-corrected chi connectivity index (χ1v) is 11.7. The van der Waals surface area contributed by atoms with Crippen molar-refractivity contribution in [1.82, 2.24) is 20.2 Å². The Morgan fingerprint density at radius 3 is 2.42 bits per heavy atom.